The first kappa shape index (κ1) is 13.6. The van der Waals surface area contributed by atoms with Crippen molar-refractivity contribution in [3.05, 3.63) is 29.3 Å². The van der Waals surface area contributed by atoms with Gasteiger partial charge in [-0.05, 0) is 51.3 Å². The van der Waals surface area contributed by atoms with E-state index in [0.29, 0.717) is 10.8 Å². The number of nitrogens with one attached hydrogen (secondary N) is 1. The molecule has 0 bridgehead atoms. The molecule has 1 aromatic rings. The molecule has 0 amide bonds. The van der Waals surface area contributed by atoms with Crippen LogP contribution in [0.4, 0.5) is 0 Å². The van der Waals surface area contributed by atoms with Crippen molar-refractivity contribution in [2.24, 2.45) is 5.92 Å². The van der Waals surface area contributed by atoms with Crippen LogP contribution in [0.1, 0.15) is 24.0 Å². The Labute approximate surface area is 110 Å². The first-order chi connectivity index (χ1) is 8.44. The fourth-order valence-corrected chi connectivity index (χ4v) is 4.34. The molecule has 0 heterocycles. The van der Waals surface area contributed by atoms with Crippen molar-refractivity contribution in [3.8, 4) is 0 Å². The van der Waals surface area contributed by atoms with E-state index in [4.69, 9.17) is 0 Å². The summed E-state index contributed by atoms with van der Waals surface area (Å²) in [7, 11) is -1.34. The Morgan fingerprint density at radius 1 is 1.33 bits per heavy atom. The summed E-state index contributed by atoms with van der Waals surface area (Å²) in [5.41, 5.74) is 1.94. The largest absolute Gasteiger partial charge is 0.316 e. The molecule has 1 saturated carbocycles. The molecule has 2 rings (SSSR count). The summed E-state index contributed by atoms with van der Waals surface area (Å²) in [6, 6.07) is 5.62. The minimum atomic E-state index is -3.19. The number of sulfone groups is 1. The van der Waals surface area contributed by atoms with Gasteiger partial charge in [0.05, 0.1) is 10.6 Å². The van der Waals surface area contributed by atoms with Gasteiger partial charge in [0.1, 0.15) is 0 Å². The van der Waals surface area contributed by atoms with Crippen LogP contribution in [0.5, 0.6) is 0 Å². The van der Waals surface area contributed by atoms with Crippen LogP contribution in [0.15, 0.2) is 23.1 Å². The van der Waals surface area contributed by atoms with Crippen molar-refractivity contribution in [2.45, 2.75) is 37.6 Å². The molecule has 3 nitrogen and oxygen atoms in total. The van der Waals surface area contributed by atoms with Crippen LogP contribution < -0.4 is 5.32 Å². The van der Waals surface area contributed by atoms with Gasteiger partial charge in [0.25, 0.3) is 0 Å². The van der Waals surface area contributed by atoms with Gasteiger partial charge in [-0.3, -0.25) is 0 Å². The van der Waals surface area contributed by atoms with Crippen LogP contribution >= 0.6 is 0 Å². The highest BCUT2D eigenvalue weighted by Gasteiger charge is 2.34. The highest BCUT2D eigenvalue weighted by atomic mass is 32.2. The molecule has 1 aromatic carbocycles. The summed E-state index contributed by atoms with van der Waals surface area (Å²) < 4.78 is 24.9. The van der Waals surface area contributed by atoms with Crippen molar-refractivity contribution in [1.82, 2.24) is 5.32 Å². The number of rotatable bonds is 5. The smallest absolute Gasteiger partial charge is 0.180 e. The third-order valence-electron chi connectivity index (χ3n) is 3.63. The van der Waals surface area contributed by atoms with E-state index < -0.39 is 9.84 Å². The molecular formula is C14H21NO2S. The summed E-state index contributed by atoms with van der Waals surface area (Å²) >= 11 is 0. The van der Waals surface area contributed by atoms with Gasteiger partial charge >= 0.3 is 0 Å². The van der Waals surface area contributed by atoms with Crippen LogP contribution in [-0.2, 0) is 9.84 Å². The first-order valence-corrected chi connectivity index (χ1v) is 8.06. The normalized spacial score (nSPS) is 17.7. The molecule has 100 valence electrons. The van der Waals surface area contributed by atoms with Crippen molar-refractivity contribution in [3.63, 3.8) is 0 Å². The molecule has 1 aliphatic rings. The second-order valence-electron chi connectivity index (χ2n) is 5.28. The molecule has 18 heavy (non-hydrogen) atoms. The Morgan fingerprint density at radius 3 is 2.50 bits per heavy atom. The molecule has 1 unspecified atom stereocenters. The van der Waals surface area contributed by atoms with Gasteiger partial charge in [0, 0.05) is 6.04 Å². The quantitative estimate of drug-likeness (QED) is 0.888. The predicted molar refractivity (Wildman–Crippen MR) is 73.5 cm³/mol. The Bertz CT molecular complexity index is 533. The molecule has 1 N–H and O–H groups in total. The Hall–Kier alpha value is -0.870. The van der Waals surface area contributed by atoms with Gasteiger partial charge in [0.2, 0.25) is 0 Å². The van der Waals surface area contributed by atoms with Gasteiger partial charge in [-0.1, -0.05) is 17.7 Å². The van der Waals surface area contributed by atoms with Gasteiger partial charge in [-0.2, -0.15) is 0 Å². The lowest BCUT2D eigenvalue weighted by molar-refractivity contribution is 0.527. The lowest BCUT2D eigenvalue weighted by Crippen LogP contribution is -2.35. The molecule has 1 fully saturated rings. The van der Waals surface area contributed by atoms with Gasteiger partial charge in [-0.25, -0.2) is 8.42 Å². The van der Waals surface area contributed by atoms with Crippen LogP contribution in [0.3, 0.4) is 0 Å². The summed E-state index contributed by atoms with van der Waals surface area (Å²) in [6.07, 6.45) is 2.29. The molecule has 0 saturated heterocycles. The molecule has 4 heteroatoms. The third-order valence-corrected chi connectivity index (χ3v) is 5.55. The minimum Gasteiger partial charge on any atom is -0.316 e. The molecule has 0 aliphatic heterocycles. The lowest BCUT2D eigenvalue weighted by atomic mass is 10.2. The molecule has 0 radical (unpaired) electrons. The van der Waals surface area contributed by atoms with E-state index in [1.54, 1.807) is 6.07 Å². The van der Waals surface area contributed by atoms with Gasteiger partial charge < -0.3 is 5.32 Å². The first-order valence-electron chi connectivity index (χ1n) is 6.41. The summed E-state index contributed by atoms with van der Waals surface area (Å²) in [5, 5.41) is 3.14. The van der Waals surface area contributed by atoms with E-state index in [2.05, 4.69) is 5.32 Å². The zero-order chi connectivity index (χ0) is 13.3. The number of hydrogen-bond acceptors (Lipinski definition) is 3. The maximum atomic E-state index is 12.4. The Morgan fingerprint density at radius 2 is 2.00 bits per heavy atom. The zero-order valence-corrected chi connectivity index (χ0v) is 12.0. The van der Waals surface area contributed by atoms with E-state index in [9.17, 15) is 8.42 Å². The zero-order valence-electron chi connectivity index (χ0n) is 11.2. The van der Waals surface area contributed by atoms with Crippen molar-refractivity contribution in [2.75, 3.05) is 12.8 Å². The standard InChI is InChI=1S/C14H21NO2S/c1-10-4-7-14(11(2)8-10)18(16,17)9-13(15-3)12-5-6-12/h4,7-8,12-13,15H,5-6,9H2,1-3H3. The number of benzene rings is 1. The molecule has 1 aliphatic carbocycles. The minimum absolute atomic E-state index is 0.0932. The number of hydrogen-bond donors (Lipinski definition) is 1. The summed E-state index contributed by atoms with van der Waals surface area (Å²) in [6.45, 7) is 3.84. The topological polar surface area (TPSA) is 46.2 Å². The second kappa shape index (κ2) is 5.02. The highest BCUT2D eigenvalue weighted by Crippen LogP contribution is 2.34. The van der Waals surface area contributed by atoms with E-state index in [0.717, 1.165) is 24.0 Å². The second-order valence-corrected chi connectivity index (χ2v) is 7.29. The fraction of sp³-hybridized carbons (Fsp3) is 0.571. The van der Waals surface area contributed by atoms with E-state index in [1.165, 1.54) is 0 Å². The fourth-order valence-electron chi connectivity index (χ4n) is 2.43. The van der Waals surface area contributed by atoms with Crippen LogP contribution in [0, 0.1) is 19.8 Å². The van der Waals surface area contributed by atoms with Gasteiger partial charge in [-0.15, -0.1) is 0 Å². The van der Waals surface area contributed by atoms with E-state index in [1.807, 2.05) is 33.0 Å². The summed E-state index contributed by atoms with van der Waals surface area (Å²) in [5.74, 6) is 0.744. The highest BCUT2D eigenvalue weighted by molar-refractivity contribution is 7.91. The SMILES string of the molecule is CNC(CS(=O)(=O)c1ccc(C)cc1C)C1CC1. The van der Waals surface area contributed by atoms with Crippen LogP contribution in [0.2, 0.25) is 0 Å². The Kier molecular flexibility index (Phi) is 3.78. The van der Waals surface area contributed by atoms with E-state index in [-0.39, 0.29) is 11.8 Å². The van der Waals surface area contributed by atoms with Crippen molar-refractivity contribution < 1.29 is 8.42 Å². The van der Waals surface area contributed by atoms with Crippen molar-refractivity contribution >= 4 is 9.84 Å². The average Bonchev–Trinajstić information content (AvgIpc) is 3.09. The summed E-state index contributed by atoms with van der Waals surface area (Å²) in [4.78, 5) is 0.481. The maximum absolute atomic E-state index is 12.4. The monoisotopic (exact) mass is 267 g/mol. The van der Waals surface area contributed by atoms with E-state index >= 15 is 0 Å². The van der Waals surface area contributed by atoms with Crippen LogP contribution in [0.25, 0.3) is 0 Å². The lowest BCUT2D eigenvalue weighted by Gasteiger charge is -2.16. The molecular weight excluding hydrogens is 246 g/mol. The molecule has 1 atom stereocenters. The third kappa shape index (κ3) is 2.93. The van der Waals surface area contributed by atoms with Crippen molar-refractivity contribution in [1.29, 1.82) is 0 Å². The average molecular weight is 267 g/mol. The molecule has 0 spiro atoms. The number of aryl methyl sites for hydroxylation is 2. The maximum Gasteiger partial charge on any atom is 0.180 e. The van der Waals surface area contributed by atoms with Gasteiger partial charge in [0.15, 0.2) is 9.84 Å². The Balaban J connectivity index is 2.24. The molecule has 0 aromatic heterocycles. The van der Waals surface area contributed by atoms with Crippen LogP contribution in [-0.4, -0.2) is 27.3 Å². The predicted octanol–water partition coefficient (Wildman–Crippen LogP) is 2.08.